The second-order valence-electron chi connectivity index (χ2n) is 3.23. The minimum absolute atomic E-state index is 0. The first-order valence-electron chi connectivity index (χ1n) is 4.41. The first-order chi connectivity index (χ1) is 7.13. The maximum atomic E-state index is 9.08. The Morgan fingerprint density at radius 3 is 2.47 bits per heavy atom. The van der Waals surface area contributed by atoms with Gasteiger partial charge < -0.3 is 16.6 Å². The number of hydrogen-bond acceptors (Lipinski definition) is 6. The number of aromatic nitrogens is 3. The highest BCUT2D eigenvalue weighted by Crippen LogP contribution is 2.23. The summed E-state index contributed by atoms with van der Waals surface area (Å²) < 4.78 is 0. The SMILES string of the molecule is Br.Br.Cc1c(CO)cnc2nc(N)nc(N)c12. The molecule has 0 amide bonds. The number of aryl methyl sites for hydroxylation is 1. The van der Waals surface area contributed by atoms with Crippen molar-refractivity contribution < 1.29 is 5.11 Å². The van der Waals surface area contributed by atoms with Crippen LogP contribution in [0.2, 0.25) is 0 Å². The minimum Gasteiger partial charge on any atom is -0.392 e. The predicted octanol–water partition coefficient (Wildman–Crippen LogP) is 1.15. The standard InChI is InChI=1S/C9H11N5O.2BrH/c1-4-5(3-15)2-12-8-6(4)7(10)13-9(11)14-8;;/h2,15H,3H2,1H3,(H4,10,11,12,13,14);2*1H. The number of nitrogens with two attached hydrogens (primary N) is 2. The van der Waals surface area contributed by atoms with Crippen LogP contribution in [0.3, 0.4) is 0 Å². The Hall–Kier alpha value is -0.990. The van der Waals surface area contributed by atoms with Gasteiger partial charge in [-0.1, -0.05) is 0 Å². The van der Waals surface area contributed by atoms with Crippen LogP contribution in [0.4, 0.5) is 11.8 Å². The second-order valence-corrected chi connectivity index (χ2v) is 3.23. The Morgan fingerprint density at radius 1 is 1.24 bits per heavy atom. The average Bonchev–Trinajstić information content (AvgIpc) is 2.17. The Kier molecular flexibility index (Phi) is 5.73. The van der Waals surface area contributed by atoms with E-state index in [2.05, 4.69) is 15.0 Å². The molecule has 2 aromatic heterocycles. The van der Waals surface area contributed by atoms with Crippen LogP contribution in [-0.4, -0.2) is 20.1 Å². The molecule has 2 aromatic rings. The Labute approximate surface area is 119 Å². The Bertz CT molecular complexity index is 534. The van der Waals surface area contributed by atoms with Gasteiger partial charge in [-0.15, -0.1) is 34.0 Å². The molecule has 0 saturated heterocycles. The van der Waals surface area contributed by atoms with Crippen LogP contribution in [0.15, 0.2) is 6.20 Å². The Morgan fingerprint density at radius 2 is 1.88 bits per heavy atom. The summed E-state index contributed by atoms with van der Waals surface area (Å²) >= 11 is 0. The molecular formula is C9H13Br2N5O. The lowest BCUT2D eigenvalue weighted by atomic mass is 10.1. The summed E-state index contributed by atoms with van der Waals surface area (Å²) in [5.74, 6) is 0.390. The molecular weight excluding hydrogens is 354 g/mol. The van der Waals surface area contributed by atoms with Crippen LogP contribution >= 0.6 is 34.0 Å². The van der Waals surface area contributed by atoms with Crippen molar-refractivity contribution in [2.45, 2.75) is 13.5 Å². The van der Waals surface area contributed by atoms with E-state index in [1.54, 1.807) is 6.20 Å². The molecule has 5 N–H and O–H groups in total. The van der Waals surface area contributed by atoms with Gasteiger partial charge in [0.15, 0.2) is 5.65 Å². The maximum Gasteiger partial charge on any atom is 0.224 e. The summed E-state index contributed by atoms with van der Waals surface area (Å²) in [7, 11) is 0. The van der Waals surface area contributed by atoms with E-state index in [4.69, 9.17) is 16.6 Å². The highest BCUT2D eigenvalue weighted by Gasteiger charge is 2.10. The number of nitrogen functional groups attached to an aromatic ring is 2. The summed E-state index contributed by atoms with van der Waals surface area (Å²) in [6.07, 6.45) is 1.56. The number of anilines is 2. The number of pyridine rings is 1. The lowest BCUT2D eigenvalue weighted by Gasteiger charge is -2.07. The van der Waals surface area contributed by atoms with Crippen LogP contribution in [0.25, 0.3) is 11.0 Å². The molecule has 2 heterocycles. The fraction of sp³-hybridized carbons (Fsp3) is 0.222. The number of aliphatic hydroxyl groups is 1. The summed E-state index contributed by atoms with van der Waals surface area (Å²) in [4.78, 5) is 11.9. The van der Waals surface area contributed by atoms with Gasteiger partial charge in [-0.2, -0.15) is 9.97 Å². The van der Waals surface area contributed by atoms with Gasteiger partial charge in [0.1, 0.15) is 5.82 Å². The molecule has 0 unspecified atom stereocenters. The summed E-state index contributed by atoms with van der Waals surface area (Å²) in [5.41, 5.74) is 13.2. The normalized spacial score (nSPS) is 9.53. The lowest BCUT2D eigenvalue weighted by Crippen LogP contribution is -2.04. The van der Waals surface area contributed by atoms with Crippen molar-refractivity contribution in [3.8, 4) is 0 Å². The van der Waals surface area contributed by atoms with Crippen molar-refractivity contribution in [3.05, 3.63) is 17.3 Å². The molecule has 6 nitrogen and oxygen atoms in total. The van der Waals surface area contributed by atoms with Gasteiger partial charge in [-0.25, -0.2) is 4.98 Å². The topological polar surface area (TPSA) is 111 Å². The van der Waals surface area contributed by atoms with Crippen LogP contribution in [0, 0.1) is 6.92 Å². The predicted molar refractivity (Wildman–Crippen MR) is 77.5 cm³/mol. The third-order valence-corrected chi connectivity index (χ3v) is 2.30. The summed E-state index contributed by atoms with van der Waals surface area (Å²) in [6, 6.07) is 0. The molecule has 0 aromatic carbocycles. The monoisotopic (exact) mass is 365 g/mol. The molecule has 17 heavy (non-hydrogen) atoms. The third kappa shape index (κ3) is 2.82. The van der Waals surface area contributed by atoms with E-state index in [-0.39, 0.29) is 52.3 Å². The Balaban J connectivity index is 0.00000128. The average molecular weight is 367 g/mol. The number of aliphatic hydroxyl groups excluding tert-OH is 1. The van der Waals surface area contributed by atoms with Crippen molar-refractivity contribution in [1.29, 1.82) is 0 Å². The van der Waals surface area contributed by atoms with E-state index >= 15 is 0 Å². The van der Waals surface area contributed by atoms with E-state index < -0.39 is 0 Å². The molecule has 0 aliphatic rings. The zero-order chi connectivity index (χ0) is 11.0. The van der Waals surface area contributed by atoms with Gasteiger partial charge >= 0.3 is 0 Å². The number of hydrogen-bond donors (Lipinski definition) is 3. The highest BCUT2D eigenvalue weighted by molar-refractivity contribution is 8.93. The first kappa shape index (κ1) is 16.0. The lowest BCUT2D eigenvalue weighted by molar-refractivity contribution is 0.281. The van der Waals surface area contributed by atoms with Crippen LogP contribution in [-0.2, 0) is 6.61 Å². The van der Waals surface area contributed by atoms with Crippen molar-refractivity contribution in [2.24, 2.45) is 0 Å². The molecule has 0 spiro atoms. The fourth-order valence-corrected chi connectivity index (χ4v) is 1.49. The third-order valence-electron chi connectivity index (χ3n) is 2.30. The fourth-order valence-electron chi connectivity index (χ4n) is 1.49. The van der Waals surface area contributed by atoms with Crippen molar-refractivity contribution in [1.82, 2.24) is 15.0 Å². The first-order valence-corrected chi connectivity index (χ1v) is 4.41. The highest BCUT2D eigenvalue weighted by atomic mass is 79.9. The van der Waals surface area contributed by atoms with Gasteiger partial charge in [-0.05, 0) is 18.1 Å². The quantitative estimate of drug-likeness (QED) is 0.698. The van der Waals surface area contributed by atoms with Crippen LogP contribution in [0.5, 0.6) is 0 Å². The van der Waals surface area contributed by atoms with Gasteiger partial charge in [0, 0.05) is 6.20 Å². The number of rotatable bonds is 1. The van der Waals surface area contributed by atoms with Crippen LogP contribution in [0.1, 0.15) is 11.1 Å². The molecule has 0 radical (unpaired) electrons. The molecule has 0 atom stereocenters. The molecule has 8 heteroatoms. The van der Waals surface area contributed by atoms with Crippen molar-refractivity contribution >= 4 is 56.8 Å². The number of nitrogens with zero attached hydrogens (tertiary/aromatic N) is 3. The summed E-state index contributed by atoms with van der Waals surface area (Å²) in [6.45, 7) is 1.75. The molecule has 0 fully saturated rings. The zero-order valence-electron chi connectivity index (χ0n) is 9.04. The molecule has 0 bridgehead atoms. The largest absolute Gasteiger partial charge is 0.392 e. The molecule has 0 aliphatic carbocycles. The van der Waals surface area contributed by atoms with E-state index in [0.29, 0.717) is 16.6 Å². The molecule has 0 saturated carbocycles. The van der Waals surface area contributed by atoms with Crippen molar-refractivity contribution in [3.63, 3.8) is 0 Å². The molecule has 0 aliphatic heterocycles. The molecule has 94 valence electrons. The zero-order valence-corrected chi connectivity index (χ0v) is 12.5. The van der Waals surface area contributed by atoms with Gasteiger partial charge in [0.05, 0.1) is 12.0 Å². The summed E-state index contributed by atoms with van der Waals surface area (Å²) in [5, 5.41) is 9.73. The second kappa shape index (κ2) is 6.08. The van der Waals surface area contributed by atoms with E-state index in [9.17, 15) is 0 Å². The minimum atomic E-state index is -0.0847. The van der Waals surface area contributed by atoms with Gasteiger partial charge in [0.2, 0.25) is 5.95 Å². The maximum absolute atomic E-state index is 9.08. The number of halogens is 2. The van der Waals surface area contributed by atoms with Crippen molar-refractivity contribution in [2.75, 3.05) is 11.5 Å². The van der Waals surface area contributed by atoms with E-state index in [1.807, 2.05) is 6.92 Å². The van der Waals surface area contributed by atoms with Gasteiger partial charge in [0.25, 0.3) is 0 Å². The van der Waals surface area contributed by atoms with E-state index in [1.165, 1.54) is 0 Å². The molecule has 2 rings (SSSR count). The van der Waals surface area contributed by atoms with E-state index in [0.717, 1.165) is 5.56 Å². The smallest absolute Gasteiger partial charge is 0.224 e. The van der Waals surface area contributed by atoms with Gasteiger partial charge in [-0.3, -0.25) is 0 Å². The van der Waals surface area contributed by atoms with Crippen LogP contribution < -0.4 is 11.5 Å². The number of fused-ring (bicyclic) bond motifs is 1.